The number of hydrogen-bond donors (Lipinski definition) is 1. The third-order valence-corrected chi connectivity index (χ3v) is 3.39. The van der Waals surface area contributed by atoms with Crippen molar-refractivity contribution >= 4 is 0 Å². The van der Waals surface area contributed by atoms with Crippen molar-refractivity contribution in [1.29, 1.82) is 0 Å². The highest BCUT2D eigenvalue weighted by Gasteiger charge is 2.36. The molecule has 2 atom stereocenters. The first kappa shape index (κ1) is 7.56. The Morgan fingerprint density at radius 2 is 2.38 bits per heavy atom. The van der Waals surface area contributed by atoms with E-state index in [2.05, 4.69) is 10.5 Å². The van der Waals surface area contributed by atoms with Gasteiger partial charge in [0.1, 0.15) is 5.76 Å². The summed E-state index contributed by atoms with van der Waals surface area (Å²) in [6, 6.07) is 0.537. The van der Waals surface area contributed by atoms with Crippen molar-refractivity contribution in [3.63, 3.8) is 0 Å². The van der Waals surface area contributed by atoms with Gasteiger partial charge in [-0.15, -0.1) is 0 Å². The molecule has 0 bridgehead atoms. The lowest BCUT2D eigenvalue weighted by Gasteiger charge is -2.23. The maximum atomic E-state index is 5.30. The second kappa shape index (κ2) is 2.58. The van der Waals surface area contributed by atoms with E-state index in [0.717, 1.165) is 30.3 Å². The second-order valence-corrected chi connectivity index (χ2v) is 4.12. The van der Waals surface area contributed by atoms with E-state index >= 15 is 0 Å². The van der Waals surface area contributed by atoms with E-state index in [1.807, 2.05) is 6.92 Å². The first-order valence-electron chi connectivity index (χ1n) is 5.04. The number of aryl methyl sites for hydroxylation is 2. The molecule has 2 unspecified atom stereocenters. The maximum absolute atomic E-state index is 5.30. The van der Waals surface area contributed by atoms with E-state index in [9.17, 15) is 0 Å². The van der Waals surface area contributed by atoms with Gasteiger partial charge in [-0.3, -0.25) is 0 Å². The van der Waals surface area contributed by atoms with E-state index < -0.39 is 0 Å². The van der Waals surface area contributed by atoms with Gasteiger partial charge in [0.25, 0.3) is 0 Å². The van der Waals surface area contributed by atoms with Crippen LogP contribution in [0.4, 0.5) is 0 Å². The van der Waals surface area contributed by atoms with Gasteiger partial charge in [-0.1, -0.05) is 5.16 Å². The molecular formula is C10H14N2O. The average Bonchev–Trinajstić information content (AvgIpc) is 2.70. The van der Waals surface area contributed by atoms with Gasteiger partial charge in [0.2, 0.25) is 0 Å². The maximum Gasteiger partial charge on any atom is 0.141 e. The fourth-order valence-electron chi connectivity index (χ4n) is 2.73. The molecule has 0 aromatic carbocycles. The Labute approximate surface area is 77.5 Å². The Balaban J connectivity index is 2.09. The van der Waals surface area contributed by atoms with Crippen molar-refractivity contribution in [3.05, 3.63) is 17.0 Å². The average molecular weight is 178 g/mol. The molecule has 70 valence electrons. The topological polar surface area (TPSA) is 38.1 Å². The van der Waals surface area contributed by atoms with E-state index in [4.69, 9.17) is 4.52 Å². The van der Waals surface area contributed by atoms with Crippen LogP contribution in [0.2, 0.25) is 0 Å². The number of aromatic nitrogens is 1. The van der Waals surface area contributed by atoms with E-state index in [1.165, 1.54) is 18.4 Å². The molecule has 1 aromatic rings. The Kier molecular flexibility index (Phi) is 1.50. The Hall–Kier alpha value is -0.830. The first-order valence-corrected chi connectivity index (χ1v) is 5.04. The minimum absolute atomic E-state index is 0.537. The summed E-state index contributed by atoms with van der Waals surface area (Å²) in [6.07, 6.45) is 3.66. The molecule has 3 heteroatoms. The standard InChI is InChI=1S/C10H14N2O/c1-6-9-8(13-12-6)3-2-7-4-5-11-10(7)9/h7,10-11H,2-5H2,1H3. The van der Waals surface area contributed by atoms with Gasteiger partial charge in [-0.2, -0.15) is 0 Å². The fourth-order valence-corrected chi connectivity index (χ4v) is 2.73. The molecule has 1 aromatic heterocycles. The van der Waals surface area contributed by atoms with Crippen molar-refractivity contribution in [1.82, 2.24) is 10.5 Å². The molecule has 0 spiro atoms. The molecule has 0 radical (unpaired) electrons. The number of rotatable bonds is 0. The molecule has 1 aliphatic heterocycles. The molecule has 0 amide bonds. The van der Waals surface area contributed by atoms with Crippen LogP contribution in [0.1, 0.15) is 35.9 Å². The zero-order valence-electron chi connectivity index (χ0n) is 7.84. The fraction of sp³-hybridized carbons (Fsp3) is 0.700. The molecular weight excluding hydrogens is 164 g/mol. The summed E-state index contributed by atoms with van der Waals surface area (Å²) in [5, 5.41) is 7.59. The largest absolute Gasteiger partial charge is 0.361 e. The lowest BCUT2D eigenvalue weighted by molar-refractivity contribution is 0.331. The summed E-state index contributed by atoms with van der Waals surface area (Å²) < 4.78 is 5.30. The first-order chi connectivity index (χ1) is 6.36. The van der Waals surface area contributed by atoms with Gasteiger partial charge >= 0.3 is 0 Å². The van der Waals surface area contributed by atoms with Crippen LogP contribution in [0.25, 0.3) is 0 Å². The van der Waals surface area contributed by atoms with Gasteiger partial charge in [0.15, 0.2) is 0 Å². The van der Waals surface area contributed by atoms with E-state index in [0.29, 0.717) is 6.04 Å². The van der Waals surface area contributed by atoms with Crippen molar-refractivity contribution in [2.24, 2.45) is 5.92 Å². The van der Waals surface area contributed by atoms with Crippen molar-refractivity contribution < 1.29 is 4.52 Å². The number of nitrogens with zero attached hydrogens (tertiary/aromatic N) is 1. The monoisotopic (exact) mass is 178 g/mol. The molecule has 2 heterocycles. The van der Waals surface area contributed by atoms with Crippen LogP contribution in [0.5, 0.6) is 0 Å². The van der Waals surface area contributed by atoms with Crippen LogP contribution in [0.3, 0.4) is 0 Å². The van der Waals surface area contributed by atoms with Crippen molar-refractivity contribution in [2.75, 3.05) is 6.54 Å². The summed E-state index contributed by atoms with van der Waals surface area (Å²) in [4.78, 5) is 0. The third kappa shape index (κ3) is 0.967. The molecule has 2 aliphatic rings. The Bertz CT molecular complexity index is 332. The molecule has 1 saturated heterocycles. The van der Waals surface area contributed by atoms with Gasteiger partial charge in [-0.05, 0) is 32.2 Å². The predicted molar refractivity (Wildman–Crippen MR) is 48.4 cm³/mol. The minimum atomic E-state index is 0.537. The lowest BCUT2D eigenvalue weighted by atomic mass is 9.83. The quantitative estimate of drug-likeness (QED) is 0.655. The van der Waals surface area contributed by atoms with Crippen molar-refractivity contribution in [2.45, 2.75) is 32.2 Å². The zero-order valence-corrected chi connectivity index (χ0v) is 7.84. The van der Waals surface area contributed by atoms with Crippen LogP contribution in [-0.2, 0) is 6.42 Å². The summed E-state index contributed by atoms with van der Waals surface area (Å²) in [7, 11) is 0. The normalized spacial score (nSPS) is 31.5. The smallest absolute Gasteiger partial charge is 0.141 e. The molecule has 0 saturated carbocycles. The van der Waals surface area contributed by atoms with Crippen LogP contribution < -0.4 is 5.32 Å². The number of fused-ring (bicyclic) bond motifs is 3. The molecule has 13 heavy (non-hydrogen) atoms. The predicted octanol–water partition coefficient (Wildman–Crippen LogP) is 1.58. The van der Waals surface area contributed by atoms with Crippen LogP contribution >= 0.6 is 0 Å². The Morgan fingerprint density at radius 3 is 3.31 bits per heavy atom. The highest BCUT2D eigenvalue weighted by Crippen LogP contribution is 2.40. The summed E-state index contributed by atoms with van der Waals surface area (Å²) in [5.41, 5.74) is 2.44. The highest BCUT2D eigenvalue weighted by molar-refractivity contribution is 5.30. The highest BCUT2D eigenvalue weighted by atomic mass is 16.5. The van der Waals surface area contributed by atoms with Gasteiger partial charge < -0.3 is 9.84 Å². The summed E-state index contributed by atoms with van der Waals surface area (Å²) >= 11 is 0. The lowest BCUT2D eigenvalue weighted by Crippen LogP contribution is -2.23. The number of nitrogens with one attached hydrogen (secondary N) is 1. The Morgan fingerprint density at radius 1 is 1.46 bits per heavy atom. The second-order valence-electron chi connectivity index (χ2n) is 4.12. The van der Waals surface area contributed by atoms with E-state index in [-0.39, 0.29) is 0 Å². The molecule has 1 aliphatic carbocycles. The molecule has 1 fully saturated rings. The van der Waals surface area contributed by atoms with E-state index in [1.54, 1.807) is 0 Å². The summed E-state index contributed by atoms with van der Waals surface area (Å²) in [6.45, 7) is 3.20. The molecule has 1 N–H and O–H groups in total. The molecule has 3 rings (SSSR count). The zero-order chi connectivity index (χ0) is 8.84. The summed E-state index contributed by atoms with van der Waals surface area (Å²) in [5.74, 6) is 1.94. The van der Waals surface area contributed by atoms with Crippen molar-refractivity contribution in [3.8, 4) is 0 Å². The van der Waals surface area contributed by atoms with Gasteiger partial charge in [-0.25, -0.2) is 0 Å². The number of hydrogen-bond acceptors (Lipinski definition) is 3. The van der Waals surface area contributed by atoms with Crippen LogP contribution in [-0.4, -0.2) is 11.7 Å². The SMILES string of the molecule is Cc1noc2c1C1NCCC1CC2. The minimum Gasteiger partial charge on any atom is -0.361 e. The molecule has 3 nitrogen and oxygen atoms in total. The van der Waals surface area contributed by atoms with Crippen LogP contribution in [0, 0.1) is 12.8 Å². The van der Waals surface area contributed by atoms with Gasteiger partial charge in [0, 0.05) is 18.0 Å². The van der Waals surface area contributed by atoms with Gasteiger partial charge in [0.05, 0.1) is 5.69 Å². The van der Waals surface area contributed by atoms with Crippen LogP contribution in [0.15, 0.2) is 4.52 Å². The third-order valence-electron chi connectivity index (χ3n) is 3.39.